The Morgan fingerprint density at radius 2 is 1.45 bits per heavy atom. The van der Waals surface area contributed by atoms with Crippen molar-refractivity contribution in [1.82, 2.24) is 0 Å². The average Bonchev–Trinajstić information content (AvgIpc) is 2.36. The molecule has 0 radical (unpaired) electrons. The number of rotatable bonds is 8. The van der Waals surface area contributed by atoms with Gasteiger partial charge in [-0.15, -0.1) is 0 Å². The van der Waals surface area contributed by atoms with Crippen LogP contribution in [0.1, 0.15) is 40.5 Å². The summed E-state index contributed by atoms with van der Waals surface area (Å²) < 4.78 is 31.3. The van der Waals surface area contributed by atoms with Gasteiger partial charge in [0.05, 0.1) is 13.2 Å². The van der Waals surface area contributed by atoms with Crippen LogP contribution in [0.3, 0.4) is 0 Å². The van der Waals surface area contributed by atoms with E-state index in [0.29, 0.717) is 26.1 Å². The fourth-order valence-corrected chi connectivity index (χ4v) is 3.02. The first-order valence-corrected chi connectivity index (χ1v) is 9.75. The van der Waals surface area contributed by atoms with Crippen LogP contribution >= 0.6 is 15.2 Å². The Bertz CT molecular complexity index is 369. The highest BCUT2D eigenvalue weighted by atomic mass is 31.2. The van der Waals surface area contributed by atoms with E-state index in [4.69, 9.17) is 18.8 Å². The van der Waals surface area contributed by atoms with Gasteiger partial charge in [-0.25, -0.2) is 0 Å². The van der Waals surface area contributed by atoms with Crippen LogP contribution in [-0.4, -0.2) is 23.0 Å². The molecule has 2 N–H and O–H groups in total. The van der Waals surface area contributed by atoms with E-state index in [-0.39, 0.29) is 0 Å². The van der Waals surface area contributed by atoms with Gasteiger partial charge >= 0.3 is 15.2 Å². The Balaban J connectivity index is 0. The van der Waals surface area contributed by atoms with Gasteiger partial charge in [-0.3, -0.25) is 9.13 Å². The molecule has 0 amide bonds. The van der Waals surface area contributed by atoms with Gasteiger partial charge < -0.3 is 18.8 Å². The van der Waals surface area contributed by atoms with E-state index in [2.05, 4.69) is 6.58 Å². The van der Waals surface area contributed by atoms with E-state index in [9.17, 15) is 9.13 Å². The molecular weight excluding hydrogens is 302 g/mol. The molecule has 0 unspecified atom stereocenters. The number of allylic oxidation sites excluding steroid dienone is 1. The summed E-state index contributed by atoms with van der Waals surface area (Å²) in [6.45, 7) is 11.4. The fraction of sp³-hybridized carbons (Fsp3) is 0.667. The van der Waals surface area contributed by atoms with Crippen molar-refractivity contribution in [3.05, 3.63) is 23.8 Å². The van der Waals surface area contributed by atoms with E-state index in [1.54, 1.807) is 13.8 Å². The van der Waals surface area contributed by atoms with Gasteiger partial charge in [0.2, 0.25) is 0 Å². The Morgan fingerprint density at radius 1 is 1.05 bits per heavy atom. The molecular formula is C12H26O6P2. The van der Waals surface area contributed by atoms with Gasteiger partial charge in [0.1, 0.15) is 0 Å². The first-order valence-electron chi connectivity index (χ1n) is 6.46. The molecule has 0 aromatic heterocycles. The van der Waals surface area contributed by atoms with Crippen molar-refractivity contribution in [2.24, 2.45) is 0 Å². The van der Waals surface area contributed by atoms with Crippen molar-refractivity contribution >= 4 is 15.2 Å². The molecule has 120 valence electrons. The third-order valence-electron chi connectivity index (χ3n) is 2.10. The van der Waals surface area contributed by atoms with Crippen molar-refractivity contribution in [3.63, 3.8) is 0 Å². The first kappa shape index (κ1) is 22.1. The highest BCUT2D eigenvalue weighted by molar-refractivity contribution is 7.57. The van der Waals surface area contributed by atoms with Crippen LogP contribution in [0.25, 0.3) is 0 Å². The second-order valence-electron chi connectivity index (χ2n) is 3.64. The third kappa shape index (κ3) is 12.8. The Labute approximate surface area is 121 Å². The summed E-state index contributed by atoms with van der Waals surface area (Å²) in [5, 5.41) is 0. The van der Waals surface area contributed by atoms with Gasteiger partial charge in [0, 0.05) is 11.6 Å². The lowest BCUT2D eigenvalue weighted by atomic mass is 10.2. The molecule has 0 spiro atoms. The van der Waals surface area contributed by atoms with Crippen molar-refractivity contribution < 1.29 is 28.0 Å². The van der Waals surface area contributed by atoms with E-state index >= 15 is 0 Å². The quantitative estimate of drug-likeness (QED) is 0.647. The molecule has 0 heterocycles. The van der Waals surface area contributed by atoms with Crippen LogP contribution < -0.4 is 0 Å². The highest BCUT2D eigenvalue weighted by Crippen LogP contribution is 2.48. The van der Waals surface area contributed by atoms with Crippen LogP contribution in [0.4, 0.5) is 0 Å². The Hall–Kier alpha value is -0.220. The molecule has 0 bridgehead atoms. The van der Waals surface area contributed by atoms with E-state index in [1.807, 2.05) is 13.8 Å². The third-order valence-corrected chi connectivity index (χ3v) is 4.49. The standard InChI is InChI=1S/2C6H13O3P/c1-4-8-10(7,6-3)9-5-2;1-3-6(4-2)5-10(7,8)9/h6H,3-5H2,1-2H3;5H,3-4H2,1-2H3,(H2,7,8,9). The molecule has 0 rings (SSSR count). The normalized spacial score (nSPS) is 11.3. The lowest BCUT2D eigenvalue weighted by molar-refractivity contribution is 0.229. The topological polar surface area (TPSA) is 93.1 Å². The molecule has 0 saturated heterocycles. The second kappa shape index (κ2) is 11.4. The maximum atomic E-state index is 11.2. The summed E-state index contributed by atoms with van der Waals surface area (Å²) in [6, 6.07) is 0. The van der Waals surface area contributed by atoms with Gasteiger partial charge in [-0.05, 0) is 26.7 Å². The minimum atomic E-state index is -3.92. The summed E-state index contributed by atoms with van der Waals surface area (Å²) in [7, 11) is -6.85. The number of hydrogen-bond acceptors (Lipinski definition) is 4. The van der Waals surface area contributed by atoms with Crippen molar-refractivity contribution in [2.75, 3.05) is 13.2 Å². The minimum absolute atomic E-state index is 0.378. The first-order chi connectivity index (χ1) is 9.17. The lowest BCUT2D eigenvalue weighted by Crippen LogP contribution is -1.91. The molecule has 8 heteroatoms. The molecule has 0 fully saturated rings. The molecule has 0 atom stereocenters. The second-order valence-corrected chi connectivity index (χ2v) is 7.04. The van der Waals surface area contributed by atoms with Crippen molar-refractivity contribution in [1.29, 1.82) is 0 Å². The summed E-state index contributed by atoms with van der Waals surface area (Å²) in [4.78, 5) is 17.0. The van der Waals surface area contributed by atoms with Crippen LogP contribution in [0.15, 0.2) is 23.8 Å². The highest BCUT2D eigenvalue weighted by Gasteiger charge is 2.16. The van der Waals surface area contributed by atoms with Crippen LogP contribution in [0, 0.1) is 0 Å². The maximum absolute atomic E-state index is 11.2. The maximum Gasteiger partial charge on any atom is 0.353 e. The molecule has 20 heavy (non-hydrogen) atoms. The molecule has 0 aromatic carbocycles. The molecule has 0 aliphatic carbocycles. The zero-order chi connectivity index (χ0) is 16.2. The minimum Gasteiger partial charge on any atom is -0.321 e. The average molecular weight is 328 g/mol. The molecule has 6 nitrogen and oxygen atoms in total. The van der Waals surface area contributed by atoms with Crippen LogP contribution in [0.5, 0.6) is 0 Å². The summed E-state index contributed by atoms with van der Waals surface area (Å²) in [5.41, 5.74) is 0.813. The summed E-state index contributed by atoms with van der Waals surface area (Å²) >= 11 is 0. The van der Waals surface area contributed by atoms with E-state index < -0.39 is 15.2 Å². The Kier molecular flexibility index (Phi) is 12.6. The summed E-state index contributed by atoms with van der Waals surface area (Å²) in [5.74, 6) is 2.27. The van der Waals surface area contributed by atoms with Gasteiger partial charge in [-0.1, -0.05) is 26.0 Å². The van der Waals surface area contributed by atoms with Crippen molar-refractivity contribution in [2.45, 2.75) is 40.5 Å². The van der Waals surface area contributed by atoms with Crippen molar-refractivity contribution in [3.8, 4) is 0 Å². The SMILES string of the molecule is C=CP(=O)(OCC)OCC.CCC(=CP(=O)(O)O)CC. The van der Waals surface area contributed by atoms with Gasteiger partial charge in [0.25, 0.3) is 0 Å². The van der Waals surface area contributed by atoms with Crippen LogP contribution in [-0.2, 0) is 18.2 Å². The zero-order valence-electron chi connectivity index (χ0n) is 12.6. The lowest BCUT2D eigenvalue weighted by Gasteiger charge is -2.11. The van der Waals surface area contributed by atoms with Gasteiger partial charge in [0.15, 0.2) is 0 Å². The van der Waals surface area contributed by atoms with E-state index in [0.717, 1.165) is 11.4 Å². The largest absolute Gasteiger partial charge is 0.353 e. The smallest absolute Gasteiger partial charge is 0.321 e. The Morgan fingerprint density at radius 3 is 1.60 bits per heavy atom. The van der Waals surface area contributed by atoms with E-state index in [1.165, 1.54) is 5.82 Å². The predicted molar refractivity (Wildman–Crippen MR) is 81.8 cm³/mol. The predicted octanol–water partition coefficient (Wildman–Crippen LogP) is 4.26. The zero-order valence-corrected chi connectivity index (χ0v) is 14.4. The molecule has 0 aromatic rings. The van der Waals surface area contributed by atoms with Crippen LogP contribution in [0.2, 0.25) is 0 Å². The summed E-state index contributed by atoms with van der Waals surface area (Å²) in [6.07, 6.45) is 1.42. The monoisotopic (exact) mass is 328 g/mol. The van der Waals surface area contributed by atoms with Gasteiger partial charge in [-0.2, -0.15) is 0 Å². The molecule has 0 aliphatic heterocycles. The molecule has 0 aliphatic rings. The molecule has 0 saturated carbocycles. The number of hydrogen-bond donors (Lipinski definition) is 2. The fourth-order valence-electron chi connectivity index (χ4n) is 1.17.